The average Bonchev–Trinajstić information content (AvgIpc) is 2.85. The molecule has 0 atom stereocenters. The van der Waals surface area contributed by atoms with Crippen LogP contribution in [0.4, 0.5) is 0 Å². The van der Waals surface area contributed by atoms with E-state index in [1.165, 1.54) is 32.8 Å². The molecule has 1 aliphatic carbocycles. The van der Waals surface area contributed by atoms with Crippen molar-refractivity contribution in [3.8, 4) is 0 Å². The van der Waals surface area contributed by atoms with Crippen LogP contribution in [0.5, 0.6) is 0 Å². The number of methoxy groups -OCH3 is 1. The van der Waals surface area contributed by atoms with E-state index in [9.17, 15) is 4.79 Å². The van der Waals surface area contributed by atoms with Gasteiger partial charge in [-0.2, -0.15) is 0 Å². The average molecular weight is 193 g/mol. The van der Waals surface area contributed by atoms with Crippen molar-refractivity contribution < 1.29 is 9.53 Å². The van der Waals surface area contributed by atoms with Crippen molar-refractivity contribution in [3.63, 3.8) is 0 Å². The molecule has 0 N–H and O–H groups in total. The van der Waals surface area contributed by atoms with E-state index >= 15 is 0 Å². The summed E-state index contributed by atoms with van der Waals surface area (Å²) in [7, 11) is 1.42. The highest BCUT2D eigenvalue weighted by Crippen LogP contribution is 2.30. The van der Waals surface area contributed by atoms with Crippen molar-refractivity contribution in [2.24, 2.45) is 0 Å². The molecule has 3 nitrogen and oxygen atoms in total. The molecule has 0 spiro atoms. The molecule has 1 aliphatic rings. The molecule has 0 radical (unpaired) electrons. The number of nitrogens with zero attached hydrogens (tertiary/aromatic N) is 1. The lowest BCUT2D eigenvalue weighted by Crippen LogP contribution is -2.13. The normalized spacial score (nSPS) is 17.2. The first kappa shape index (κ1) is 9.31. The molecular weight excluding hydrogens is 178 g/mol. The van der Waals surface area contributed by atoms with Gasteiger partial charge in [-0.05, 0) is 25.0 Å². The van der Waals surface area contributed by atoms with Crippen LogP contribution in [0, 0.1) is 0 Å². The molecule has 3 heteroatoms. The Morgan fingerprint density at radius 1 is 1.50 bits per heavy atom. The Labute approximate surface area is 83.7 Å². The van der Waals surface area contributed by atoms with Gasteiger partial charge in [0.2, 0.25) is 0 Å². The van der Waals surface area contributed by atoms with Crippen LogP contribution in [0.15, 0.2) is 18.3 Å². The fraction of sp³-hybridized carbons (Fsp3) is 0.545. The fourth-order valence-corrected chi connectivity index (χ4v) is 2.17. The second-order valence-corrected chi connectivity index (χ2v) is 3.73. The Morgan fingerprint density at radius 2 is 2.21 bits per heavy atom. The van der Waals surface area contributed by atoms with Gasteiger partial charge < -0.3 is 9.30 Å². The molecule has 14 heavy (non-hydrogen) atoms. The molecule has 0 unspecified atom stereocenters. The number of carbonyl (C=O) groups excluding carboxylic acids is 1. The first-order chi connectivity index (χ1) is 6.83. The lowest BCUT2D eigenvalue weighted by molar-refractivity contribution is 0.0586. The van der Waals surface area contributed by atoms with Crippen molar-refractivity contribution in [2.75, 3.05) is 7.11 Å². The van der Waals surface area contributed by atoms with Gasteiger partial charge >= 0.3 is 5.97 Å². The van der Waals surface area contributed by atoms with Crippen LogP contribution in [0.1, 0.15) is 42.2 Å². The molecule has 1 saturated carbocycles. The standard InChI is InChI=1S/C11H15NO2/c1-14-11(13)10-7-4-8-12(10)9-5-2-3-6-9/h4,7-9H,2-3,5-6H2,1H3. The van der Waals surface area contributed by atoms with Gasteiger partial charge in [0.15, 0.2) is 0 Å². The van der Waals surface area contributed by atoms with Crippen molar-refractivity contribution in [2.45, 2.75) is 31.7 Å². The maximum absolute atomic E-state index is 11.4. The van der Waals surface area contributed by atoms with Gasteiger partial charge in [-0.25, -0.2) is 4.79 Å². The van der Waals surface area contributed by atoms with E-state index in [2.05, 4.69) is 4.57 Å². The second kappa shape index (κ2) is 3.86. The Hall–Kier alpha value is -1.25. The van der Waals surface area contributed by atoms with Crippen molar-refractivity contribution >= 4 is 5.97 Å². The van der Waals surface area contributed by atoms with Gasteiger partial charge in [0.05, 0.1) is 7.11 Å². The first-order valence-corrected chi connectivity index (χ1v) is 5.08. The largest absolute Gasteiger partial charge is 0.464 e. The van der Waals surface area contributed by atoms with Crippen LogP contribution in [0.25, 0.3) is 0 Å². The number of rotatable bonds is 2. The zero-order chi connectivity index (χ0) is 9.97. The zero-order valence-electron chi connectivity index (χ0n) is 8.40. The number of carbonyl (C=O) groups is 1. The van der Waals surface area contributed by atoms with Gasteiger partial charge in [-0.3, -0.25) is 0 Å². The Morgan fingerprint density at radius 3 is 2.86 bits per heavy atom. The summed E-state index contributed by atoms with van der Waals surface area (Å²) in [5, 5.41) is 0. The predicted molar refractivity (Wildman–Crippen MR) is 53.3 cm³/mol. The van der Waals surface area contributed by atoms with Crippen LogP contribution in [0.3, 0.4) is 0 Å². The van der Waals surface area contributed by atoms with Crippen LogP contribution < -0.4 is 0 Å². The van der Waals surface area contributed by atoms with Gasteiger partial charge in [-0.1, -0.05) is 12.8 Å². The molecule has 0 aliphatic heterocycles. The quantitative estimate of drug-likeness (QED) is 0.675. The summed E-state index contributed by atoms with van der Waals surface area (Å²) >= 11 is 0. The lowest BCUT2D eigenvalue weighted by Gasteiger charge is -2.14. The molecule has 1 aromatic heterocycles. The molecule has 1 fully saturated rings. The summed E-state index contributed by atoms with van der Waals surface area (Å²) in [6, 6.07) is 4.23. The topological polar surface area (TPSA) is 31.2 Å². The number of aromatic nitrogens is 1. The van der Waals surface area contributed by atoms with E-state index in [1.807, 2.05) is 18.3 Å². The highest BCUT2D eigenvalue weighted by Gasteiger charge is 2.21. The summed E-state index contributed by atoms with van der Waals surface area (Å²) < 4.78 is 6.79. The zero-order valence-corrected chi connectivity index (χ0v) is 8.40. The number of ether oxygens (including phenoxy) is 1. The van der Waals surface area contributed by atoms with E-state index < -0.39 is 0 Å². The SMILES string of the molecule is COC(=O)c1cccn1C1CCCC1. The Bertz CT molecular complexity index is 324. The van der Waals surface area contributed by atoms with Gasteiger partial charge in [0.25, 0.3) is 0 Å². The smallest absolute Gasteiger partial charge is 0.354 e. The van der Waals surface area contributed by atoms with E-state index in [0.29, 0.717) is 11.7 Å². The molecule has 1 aromatic rings. The third-order valence-electron chi connectivity index (χ3n) is 2.89. The third kappa shape index (κ3) is 1.54. The second-order valence-electron chi connectivity index (χ2n) is 3.73. The number of esters is 1. The van der Waals surface area contributed by atoms with Crippen LogP contribution >= 0.6 is 0 Å². The molecule has 76 valence electrons. The number of hydrogen-bond donors (Lipinski definition) is 0. The van der Waals surface area contributed by atoms with E-state index in [4.69, 9.17) is 4.74 Å². The molecule has 1 heterocycles. The maximum Gasteiger partial charge on any atom is 0.354 e. The fourth-order valence-electron chi connectivity index (χ4n) is 2.17. The molecular formula is C11H15NO2. The number of hydrogen-bond acceptors (Lipinski definition) is 2. The minimum absolute atomic E-state index is 0.234. The molecule has 2 rings (SSSR count). The maximum atomic E-state index is 11.4. The minimum atomic E-state index is -0.234. The summed E-state index contributed by atoms with van der Waals surface area (Å²) in [6.45, 7) is 0. The summed E-state index contributed by atoms with van der Waals surface area (Å²) in [5.41, 5.74) is 0.680. The Balaban J connectivity index is 2.24. The van der Waals surface area contributed by atoms with Gasteiger partial charge in [0.1, 0.15) is 5.69 Å². The van der Waals surface area contributed by atoms with E-state index in [-0.39, 0.29) is 5.97 Å². The highest BCUT2D eigenvalue weighted by atomic mass is 16.5. The predicted octanol–water partition coefficient (Wildman–Crippen LogP) is 2.39. The van der Waals surface area contributed by atoms with Crippen molar-refractivity contribution in [1.29, 1.82) is 0 Å². The van der Waals surface area contributed by atoms with Gasteiger partial charge in [0, 0.05) is 12.2 Å². The summed E-state index contributed by atoms with van der Waals surface area (Å²) in [6.07, 6.45) is 6.87. The Kier molecular flexibility index (Phi) is 2.57. The van der Waals surface area contributed by atoms with Crippen molar-refractivity contribution in [3.05, 3.63) is 24.0 Å². The van der Waals surface area contributed by atoms with Crippen LogP contribution in [-0.4, -0.2) is 17.6 Å². The minimum Gasteiger partial charge on any atom is -0.464 e. The van der Waals surface area contributed by atoms with Crippen molar-refractivity contribution in [1.82, 2.24) is 4.57 Å². The lowest BCUT2D eigenvalue weighted by atomic mass is 10.2. The van der Waals surface area contributed by atoms with E-state index in [0.717, 1.165) is 0 Å². The van der Waals surface area contributed by atoms with E-state index in [1.54, 1.807) is 0 Å². The monoisotopic (exact) mass is 193 g/mol. The van der Waals surface area contributed by atoms with Crippen LogP contribution in [0.2, 0.25) is 0 Å². The van der Waals surface area contributed by atoms with Gasteiger partial charge in [-0.15, -0.1) is 0 Å². The molecule has 0 amide bonds. The third-order valence-corrected chi connectivity index (χ3v) is 2.89. The summed E-state index contributed by atoms with van der Waals surface area (Å²) in [4.78, 5) is 11.4. The molecule has 0 aromatic carbocycles. The molecule has 0 bridgehead atoms. The molecule has 0 saturated heterocycles. The van der Waals surface area contributed by atoms with Crippen LogP contribution in [-0.2, 0) is 4.74 Å². The summed E-state index contributed by atoms with van der Waals surface area (Å²) in [5.74, 6) is -0.234. The highest BCUT2D eigenvalue weighted by molar-refractivity contribution is 5.87. The first-order valence-electron chi connectivity index (χ1n) is 5.08.